The second-order valence-corrected chi connectivity index (χ2v) is 4.84. The van der Waals surface area contributed by atoms with E-state index in [-0.39, 0.29) is 6.04 Å². The maximum atomic E-state index is 5.64. The van der Waals surface area contributed by atoms with Gasteiger partial charge in [-0.2, -0.15) is 0 Å². The Kier molecular flexibility index (Phi) is 3.52. The molecule has 1 heterocycles. The van der Waals surface area contributed by atoms with Crippen molar-refractivity contribution in [2.75, 3.05) is 6.61 Å². The Morgan fingerprint density at radius 3 is 3.19 bits per heavy atom. The van der Waals surface area contributed by atoms with Gasteiger partial charge >= 0.3 is 0 Å². The van der Waals surface area contributed by atoms with E-state index in [0.717, 1.165) is 29.8 Å². The lowest BCUT2D eigenvalue weighted by Crippen LogP contribution is -2.23. The average molecular weight is 280 g/mol. The molecule has 1 aromatic rings. The van der Waals surface area contributed by atoms with E-state index in [0.29, 0.717) is 0 Å². The molecule has 1 N–H and O–H groups in total. The highest BCUT2D eigenvalue weighted by Gasteiger charge is 2.17. The molecule has 0 fully saturated rings. The van der Waals surface area contributed by atoms with Crippen molar-refractivity contribution in [2.45, 2.75) is 25.9 Å². The molecule has 0 amide bonds. The van der Waals surface area contributed by atoms with Crippen molar-refractivity contribution in [2.24, 2.45) is 0 Å². The lowest BCUT2D eigenvalue weighted by molar-refractivity contribution is 0.352. The SMILES string of the molecule is C#CC(C)NCc1cc(Br)cc2c1OCC2. The van der Waals surface area contributed by atoms with E-state index in [9.17, 15) is 0 Å². The van der Waals surface area contributed by atoms with Crippen LogP contribution in [-0.4, -0.2) is 12.6 Å². The highest BCUT2D eigenvalue weighted by molar-refractivity contribution is 9.10. The van der Waals surface area contributed by atoms with Crippen molar-refractivity contribution in [3.8, 4) is 18.1 Å². The van der Waals surface area contributed by atoms with Crippen LogP contribution in [0.1, 0.15) is 18.1 Å². The maximum Gasteiger partial charge on any atom is 0.127 e. The minimum absolute atomic E-state index is 0.0797. The molecule has 0 radical (unpaired) electrons. The average Bonchev–Trinajstić information content (AvgIpc) is 2.73. The lowest BCUT2D eigenvalue weighted by atomic mass is 10.1. The lowest BCUT2D eigenvalue weighted by Gasteiger charge is -2.11. The van der Waals surface area contributed by atoms with Crippen molar-refractivity contribution in [3.63, 3.8) is 0 Å². The maximum absolute atomic E-state index is 5.64. The van der Waals surface area contributed by atoms with E-state index in [1.807, 2.05) is 6.92 Å². The summed E-state index contributed by atoms with van der Waals surface area (Å²) >= 11 is 3.52. The van der Waals surface area contributed by atoms with Gasteiger partial charge in [-0.3, -0.25) is 5.32 Å². The molecule has 3 heteroatoms. The minimum atomic E-state index is 0.0797. The van der Waals surface area contributed by atoms with Gasteiger partial charge in [-0.25, -0.2) is 0 Å². The fraction of sp³-hybridized carbons (Fsp3) is 0.385. The van der Waals surface area contributed by atoms with E-state index >= 15 is 0 Å². The van der Waals surface area contributed by atoms with E-state index in [1.165, 1.54) is 11.1 Å². The molecule has 84 valence electrons. The van der Waals surface area contributed by atoms with Gasteiger partial charge in [-0.15, -0.1) is 6.42 Å². The Balaban J connectivity index is 2.18. The first-order chi connectivity index (χ1) is 7.70. The zero-order valence-electron chi connectivity index (χ0n) is 9.22. The minimum Gasteiger partial charge on any atom is -0.493 e. The van der Waals surface area contributed by atoms with Crippen molar-refractivity contribution >= 4 is 15.9 Å². The Hall–Kier alpha value is -0.980. The number of halogens is 1. The van der Waals surface area contributed by atoms with Crippen LogP contribution >= 0.6 is 15.9 Å². The molecule has 0 aliphatic carbocycles. The number of hydrogen-bond acceptors (Lipinski definition) is 2. The summed E-state index contributed by atoms with van der Waals surface area (Å²) in [4.78, 5) is 0. The number of ether oxygens (including phenoxy) is 1. The predicted octanol–water partition coefficient (Wildman–Crippen LogP) is 2.50. The van der Waals surface area contributed by atoms with Crippen LogP contribution in [0.15, 0.2) is 16.6 Å². The summed E-state index contributed by atoms with van der Waals surface area (Å²) in [7, 11) is 0. The summed E-state index contributed by atoms with van der Waals surface area (Å²) < 4.78 is 6.74. The van der Waals surface area contributed by atoms with E-state index < -0.39 is 0 Å². The highest BCUT2D eigenvalue weighted by Crippen LogP contribution is 2.32. The first-order valence-corrected chi connectivity index (χ1v) is 6.13. The smallest absolute Gasteiger partial charge is 0.127 e. The zero-order chi connectivity index (χ0) is 11.5. The molecule has 1 atom stereocenters. The molecule has 2 rings (SSSR count). The molecule has 2 nitrogen and oxygen atoms in total. The number of benzene rings is 1. The fourth-order valence-corrected chi connectivity index (χ4v) is 2.35. The van der Waals surface area contributed by atoms with Gasteiger partial charge in [0, 0.05) is 23.0 Å². The van der Waals surface area contributed by atoms with Crippen molar-refractivity contribution in [1.29, 1.82) is 0 Å². The van der Waals surface area contributed by atoms with Crippen LogP contribution in [0.4, 0.5) is 0 Å². The third-order valence-corrected chi connectivity index (χ3v) is 3.13. The fourth-order valence-electron chi connectivity index (χ4n) is 1.80. The summed E-state index contributed by atoms with van der Waals surface area (Å²) in [5.41, 5.74) is 2.45. The number of terminal acetylenes is 1. The first kappa shape index (κ1) is 11.5. The second-order valence-electron chi connectivity index (χ2n) is 3.92. The van der Waals surface area contributed by atoms with Gasteiger partial charge in [0.05, 0.1) is 12.6 Å². The molecule has 0 bridgehead atoms. The zero-order valence-corrected chi connectivity index (χ0v) is 10.8. The number of nitrogens with one attached hydrogen (secondary N) is 1. The number of rotatable bonds is 3. The molecule has 0 saturated carbocycles. The van der Waals surface area contributed by atoms with Crippen LogP contribution in [0.3, 0.4) is 0 Å². The highest BCUT2D eigenvalue weighted by atomic mass is 79.9. The van der Waals surface area contributed by atoms with Gasteiger partial charge in [-0.05, 0) is 24.6 Å². The van der Waals surface area contributed by atoms with Gasteiger partial charge in [-0.1, -0.05) is 21.9 Å². The molecule has 0 spiro atoms. The molecule has 0 saturated heterocycles. The predicted molar refractivity (Wildman–Crippen MR) is 68.5 cm³/mol. The third-order valence-electron chi connectivity index (χ3n) is 2.67. The molecule has 1 aromatic carbocycles. The van der Waals surface area contributed by atoms with Crippen LogP contribution in [0.25, 0.3) is 0 Å². The largest absolute Gasteiger partial charge is 0.493 e. The topological polar surface area (TPSA) is 21.3 Å². The number of fused-ring (bicyclic) bond motifs is 1. The molecule has 1 aliphatic rings. The Morgan fingerprint density at radius 2 is 2.44 bits per heavy atom. The first-order valence-electron chi connectivity index (χ1n) is 5.34. The standard InChI is InChI=1S/C13H14BrNO/c1-3-9(2)15-8-11-7-12(14)6-10-4-5-16-13(10)11/h1,6-7,9,15H,4-5,8H2,2H3. The summed E-state index contributed by atoms with van der Waals surface area (Å²) in [6.07, 6.45) is 6.32. The van der Waals surface area contributed by atoms with Gasteiger partial charge in [0.1, 0.15) is 5.75 Å². The summed E-state index contributed by atoms with van der Waals surface area (Å²) in [6.45, 7) is 3.50. The second kappa shape index (κ2) is 4.90. The third kappa shape index (κ3) is 2.40. The van der Waals surface area contributed by atoms with Crippen LogP contribution < -0.4 is 10.1 Å². The van der Waals surface area contributed by atoms with Crippen LogP contribution in [0.5, 0.6) is 5.75 Å². The summed E-state index contributed by atoms with van der Waals surface area (Å²) in [5.74, 6) is 3.68. The summed E-state index contributed by atoms with van der Waals surface area (Å²) in [6, 6.07) is 4.28. The van der Waals surface area contributed by atoms with E-state index in [1.54, 1.807) is 0 Å². The Labute approximate surface area is 105 Å². The molecule has 1 unspecified atom stereocenters. The van der Waals surface area contributed by atoms with Crippen LogP contribution in [-0.2, 0) is 13.0 Å². The van der Waals surface area contributed by atoms with E-state index in [2.05, 4.69) is 39.3 Å². The molecule has 1 aliphatic heterocycles. The quantitative estimate of drug-likeness (QED) is 0.859. The Bertz CT molecular complexity index is 436. The van der Waals surface area contributed by atoms with Gasteiger partial charge < -0.3 is 4.74 Å². The molecular weight excluding hydrogens is 266 g/mol. The van der Waals surface area contributed by atoms with Gasteiger partial charge in [0.15, 0.2) is 0 Å². The van der Waals surface area contributed by atoms with Gasteiger partial charge in [0.2, 0.25) is 0 Å². The van der Waals surface area contributed by atoms with E-state index in [4.69, 9.17) is 11.2 Å². The van der Waals surface area contributed by atoms with Crippen molar-refractivity contribution in [3.05, 3.63) is 27.7 Å². The Morgan fingerprint density at radius 1 is 1.62 bits per heavy atom. The number of hydrogen-bond donors (Lipinski definition) is 1. The van der Waals surface area contributed by atoms with Crippen molar-refractivity contribution < 1.29 is 4.74 Å². The van der Waals surface area contributed by atoms with Crippen LogP contribution in [0.2, 0.25) is 0 Å². The van der Waals surface area contributed by atoms with Gasteiger partial charge in [0.25, 0.3) is 0 Å². The normalized spacial score (nSPS) is 15.1. The van der Waals surface area contributed by atoms with Crippen LogP contribution in [0, 0.1) is 12.3 Å². The molecule has 0 aromatic heterocycles. The monoisotopic (exact) mass is 279 g/mol. The molecule has 16 heavy (non-hydrogen) atoms. The van der Waals surface area contributed by atoms with Crippen molar-refractivity contribution in [1.82, 2.24) is 5.32 Å². The summed E-state index contributed by atoms with van der Waals surface area (Å²) in [5, 5.41) is 3.27. The molecular formula is C13H14BrNO.